The van der Waals surface area contributed by atoms with Crippen molar-refractivity contribution in [3.05, 3.63) is 65.5 Å². The minimum atomic E-state index is -0.698. The van der Waals surface area contributed by atoms with Crippen LogP contribution in [0.1, 0.15) is 17.2 Å². The van der Waals surface area contributed by atoms with Crippen LogP contribution in [0.3, 0.4) is 0 Å². The Labute approximate surface area is 124 Å². The average molecular weight is 289 g/mol. The Kier molecular flexibility index (Phi) is 5.72. The van der Waals surface area contributed by atoms with Crippen LogP contribution in [0.15, 0.2) is 48.5 Å². The van der Waals surface area contributed by atoms with Gasteiger partial charge < -0.3 is 15.2 Å². The third kappa shape index (κ3) is 4.85. The number of hydrogen-bond acceptors (Lipinski definition) is 3. The quantitative estimate of drug-likeness (QED) is 0.770. The highest BCUT2D eigenvalue weighted by molar-refractivity contribution is 5.27. The first-order valence-electron chi connectivity index (χ1n) is 6.96. The van der Waals surface area contributed by atoms with Crippen LogP contribution in [0.2, 0.25) is 0 Å². The van der Waals surface area contributed by atoms with Crippen LogP contribution in [0.4, 0.5) is 4.39 Å². The van der Waals surface area contributed by atoms with Crippen LogP contribution < -0.4 is 10.1 Å². The molecule has 0 saturated carbocycles. The number of benzene rings is 2. The first-order valence-corrected chi connectivity index (χ1v) is 6.96. The monoisotopic (exact) mass is 289 g/mol. The zero-order valence-electron chi connectivity index (χ0n) is 12.1. The fourth-order valence-electron chi connectivity index (χ4n) is 2.10. The second kappa shape index (κ2) is 7.76. The molecule has 0 aliphatic carbocycles. The van der Waals surface area contributed by atoms with Crippen LogP contribution in [-0.2, 0) is 6.42 Å². The van der Waals surface area contributed by atoms with Crippen LogP contribution in [-0.4, -0.2) is 25.3 Å². The molecular formula is C17H20FNO2. The molecule has 2 rings (SSSR count). The Morgan fingerprint density at radius 1 is 1.19 bits per heavy atom. The highest BCUT2D eigenvalue weighted by Gasteiger charge is 2.07. The van der Waals surface area contributed by atoms with Gasteiger partial charge in [-0.15, -0.1) is 0 Å². The zero-order chi connectivity index (χ0) is 15.1. The SMILES string of the molecule is COc1ccc(CCNCC(O)c2cccc(F)c2)cc1. The van der Waals surface area contributed by atoms with E-state index >= 15 is 0 Å². The molecule has 0 heterocycles. The molecule has 1 unspecified atom stereocenters. The molecule has 0 aliphatic heterocycles. The molecule has 0 aromatic heterocycles. The summed E-state index contributed by atoms with van der Waals surface area (Å²) in [4.78, 5) is 0. The summed E-state index contributed by atoms with van der Waals surface area (Å²) in [6, 6.07) is 13.9. The van der Waals surface area contributed by atoms with Crippen molar-refractivity contribution in [2.24, 2.45) is 0 Å². The highest BCUT2D eigenvalue weighted by Crippen LogP contribution is 2.13. The van der Waals surface area contributed by atoms with Crippen LogP contribution in [0.5, 0.6) is 5.75 Å². The summed E-state index contributed by atoms with van der Waals surface area (Å²) in [5.74, 6) is 0.512. The topological polar surface area (TPSA) is 41.5 Å². The van der Waals surface area contributed by atoms with Gasteiger partial charge in [-0.05, 0) is 48.4 Å². The normalized spacial score (nSPS) is 12.1. The highest BCUT2D eigenvalue weighted by atomic mass is 19.1. The molecule has 0 amide bonds. The molecule has 2 aromatic carbocycles. The van der Waals surface area contributed by atoms with Gasteiger partial charge in [0.15, 0.2) is 0 Å². The number of aliphatic hydroxyl groups is 1. The molecule has 112 valence electrons. The van der Waals surface area contributed by atoms with Gasteiger partial charge in [-0.1, -0.05) is 24.3 Å². The third-order valence-corrected chi connectivity index (χ3v) is 3.32. The Hall–Kier alpha value is -1.91. The predicted octanol–water partition coefficient (Wildman–Crippen LogP) is 2.70. The van der Waals surface area contributed by atoms with Crippen molar-refractivity contribution in [1.29, 1.82) is 0 Å². The van der Waals surface area contributed by atoms with Crippen molar-refractivity contribution in [1.82, 2.24) is 5.32 Å². The fourth-order valence-corrected chi connectivity index (χ4v) is 2.10. The first kappa shape index (κ1) is 15.5. The van der Waals surface area contributed by atoms with Gasteiger partial charge in [0.2, 0.25) is 0 Å². The predicted molar refractivity (Wildman–Crippen MR) is 80.9 cm³/mol. The van der Waals surface area contributed by atoms with E-state index in [1.807, 2.05) is 24.3 Å². The second-order valence-electron chi connectivity index (χ2n) is 4.87. The van der Waals surface area contributed by atoms with E-state index in [-0.39, 0.29) is 5.82 Å². The minimum absolute atomic E-state index is 0.329. The van der Waals surface area contributed by atoms with Crippen LogP contribution in [0, 0.1) is 5.82 Å². The summed E-state index contributed by atoms with van der Waals surface area (Å²) in [6.07, 6.45) is 0.163. The van der Waals surface area contributed by atoms with E-state index in [2.05, 4.69) is 5.32 Å². The summed E-state index contributed by atoms with van der Waals surface area (Å²) in [5, 5.41) is 13.1. The van der Waals surface area contributed by atoms with E-state index in [0.29, 0.717) is 12.1 Å². The molecule has 3 nitrogen and oxygen atoms in total. The molecular weight excluding hydrogens is 269 g/mol. The van der Waals surface area contributed by atoms with Gasteiger partial charge in [-0.3, -0.25) is 0 Å². The van der Waals surface area contributed by atoms with E-state index in [1.165, 1.54) is 17.7 Å². The largest absolute Gasteiger partial charge is 0.497 e. The summed E-state index contributed by atoms with van der Waals surface area (Å²) < 4.78 is 18.2. The van der Waals surface area contributed by atoms with E-state index in [1.54, 1.807) is 19.2 Å². The van der Waals surface area contributed by atoms with Crippen molar-refractivity contribution in [2.75, 3.05) is 20.2 Å². The molecule has 1 atom stereocenters. The van der Waals surface area contributed by atoms with E-state index in [0.717, 1.165) is 18.7 Å². The number of halogens is 1. The molecule has 0 spiro atoms. The number of hydrogen-bond donors (Lipinski definition) is 2. The van der Waals surface area contributed by atoms with Crippen molar-refractivity contribution < 1.29 is 14.2 Å². The lowest BCUT2D eigenvalue weighted by Gasteiger charge is -2.12. The molecule has 2 aromatic rings. The molecule has 0 aliphatic rings. The zero-order valence-corrected chi connectivity index (χ0v) is 12.1. The molecule has 0 saturated heterocycles. The van der Waals surface area contributed by atoms with Gasteiger partial charge in [0.1, 0.15) is 11.6 Å². The molecule has 4 heteroatoms. The fraction of sp³-hybridized carbons (Fsp3) is 0.294. The number of ether oxygens (including phenoxy) is 1. The van der Waals surface area contributed by atoms with Gasteiger partial charge in [-0.25, -0.2) is 4.39 Å². The Morgan fingerprint density at radius 3 is 2.62 bits per heavy atom. The Balaban J connectivity index is 1.73. The lowest BCUT2D eigenvalue weighted by Crippen LogP contribution is -2.23. The molecule has 0 bridgehead atoms. The lowest BCUT2D eigenvalue weighted by atomic mass is 10.1. The minimum Gasteiger partial charge on any atom is -0.497 e. The van der Waals surface area contributed by atoms with Crippen molar-refractivity contribution in [3.63, 3.8) is 0 Å². The summed E-state index contributed by atoms with van der Waals surface area (Å²) >= 11 is 0. The molecule has 2 N–H and O–H groups in total. The summed E-state index contributed by atoms with van der Waals surface area (Å²) in [5.41, 5.74) is 1.79. The molecule has 21 heavy (non-hydrogen) atoms. The van der Waals surface area contributed by atoms with Gasteiger partial charge in [0, 0.05) is 6.54 Å². The number of methoxy groups -OCH3 is 1. The second-order valence-corrected chi connectivity index (χ2v) is 4.87. The Bertz CT molecular complexity index is 557. The Morgan fingerprint density at radius 2 is 1.95 bits per heavy atom. The molecule has 0 radical (unpaired) electrons. The maximum Gasteiger partial charge on any atom is 0.123 e. The summed E-state index contributed by atoms with van der Waals surface area (Å²) in [6.45, 7) is 1.15. The van der Waals surface area contributed by atoms with E-state index in [9.17, 15) is 9.50 Å². The maximum absolute atomic E-state index is 13.1. The number of nitrogens with one attached hydrogen (secondary N) is 1. The number of rotatable bonds is 7. The maximum atomic E-state index is 13.1. The van der Waals surface area contributed by atoms with Crippen molar-refractivity contribution in [3.8, 4) is 5.75 Å². The van der Waals surface area contributed by atoms with Crippen molar-refractivity contribution >= 4 is 0 Å². The average Bonchev–Trinajstić information content (AvgIpc) is 2.52. The standard InChI is InChI=1S/C17H20FNO2/c1-21-16-7-5-13(6-8-16)9-10-19-12-17(20)14-3-2-4-15(18)11-14/h2-8,11,17,19-20H,9-10,12H2,1H3. The lowest BCUT2D eigenvalue weighted by molar-refractivity contribution is 0.174. The van der Waals surface area contributed by atoms with Crippen LogP contribution in [0.25, 0.3) is 0 Å². The number of aliphatic hydroxyl groups excluding tert-OH is 1. The molecule has 0 fully saturated rings. The van der Waals surface area contributed by atoms with Gasteiger partial charge >= 0.3 is 0 Å². The smallest absolute Gasteiger partial charge is 0.123 e. The van der Waals surface area contributed by atoms with E-state index < -0.39 is 6.10 Å². The van der Waals surface area contributed by atoms with Crippen molar-refractivity contribution in [2.45, 2.75) is 12.5 Å². The first-order chi connectivity index (χ1) is 10.2. The van der Waals surface area contributed by atoms with E-state index in [4.69, 9.17) is 4.74 Å². The van der Waals surface area contributed by atoms with Gasteiger partial charge in [0.25, 0.3) is 0 Å². The summed E-state index contributed by atoms with van der Waals surface area (Å²) in [7, 11) is 1.64. The van der Waals surface area contributed by atoms with Gasteiger partial charge in [-0.2, -0.15) is 0 Å². The third-order valence-electron chi connectivity index (χ3n) is 3.32. The van der Waals surface area contributed by atoms with Crippen LogP contribution >= 0.6 is 0 Å². The van der Waals surface area contributed by atoms with Gasteiger partial charge in [0.05, 0.1) is 13.2 Å².